The summed E-state index contributed by atoms with van der Waals surface area (Å²) in [7, 11) is 0. The molecule has 11 heavy (non-hydrogen) atoms. The van der Waals surface area contributed by atoms with E-state index in [9.17, 15) is 4.79 Å². The molecule has 1 rings (SSSR count). The molecule has 0 aliphatic rings. The maximum atomic E-state index is 10.9. The number of hydrogen-bond acceptors (Lipinski definition) is 3. The summed E-state index contributed by atoms with van der Waals surface area (Å²) in [6.45, 7) is 1.52. The molecule has 0 radical (unpaired) electrons. The lowest BCUT2D eigenvalue weighted by Crippen LogP contribution is -2.14. The number of hydrogen-bond donors (Lipinski definition) is 3. The Bertz CT molecular complexity index is 304. The predicted octanol–water partition coefficient (Wildman–Crippen LogP) is 0.0104. The topological polar surface area (TPSA) is 79.1 Å². The highest BCUT2D eigenvalue weighted by Gasteiger charge is 2.05. The molecule has 1 aromatic heterocycles. The van der Waals surface area contributed by atoms with E-state index in [0.717, 1.165) is 0 Å². The Balaban J connectivity index is 3.24. The summed E-state index contributed by atoms with van der Waals surface area (Å²) in [5, 5.41) is 9.05. The number of H-pyrrole nitrogens is 1. The fraction of sp³-hybridized carbons (Fsp3) is 0.286. The largest absolute Gasteiger partial charge is 0.398 e. The van der Waals surface area contributed by atoms with Crippen LogP contribution in [0.1, 0.15) is 18.6 Å². The summed E-state index contributed by atoms with van der Waals surface area (Å²) in [6.07, 6.45) is 0.621. The predicted molar refractivity (Wildman–Crippen MR) is 42.1 cm³/mol. The van der Waals surface area contributed by atoms with Crippen LogP contribution in [0.5, 0.6) is 0 Å². The van der Waals surface area contributed by atoms with Gasteiger partial charge in [-0.2, -0.15) is 0 Å². The molecule has 1 heterocycles. The molecule has 0 saturated heterocycles. The SMILES string of the molecule is CC(O)c1cc(N)c[nH]c1=O. The minimum absolute atomic E-state index is 0.296. The number of aliphatic hydroxyl groups excluding tert-OH is 1. The Kier molecular flexibility index (Phi) is 1.96. The number of pyridine rings is 1. The van der Waals surface area contributed by atoms with Gasteiger partial charge in [0.15, 0.2) is 0 Å². The standard InChI is InChI=1S/C7H10N2O2/c1-4(10)6-2-5(8)3-9-7(6)11/h2-4,10H,8H2,1H3,(H,9,11). The van der Waals surface area contributed by atoms with Crippen molar-refractivity contribution in [2.45, 2.75) is 13.0 Å². The van der Waals surface area contributed by atoms with Gasteiger partial charge in [0, 0.05) is 17.4 Å². The average Bonchev–Trinajstić information content (AvgIpc) is 1.94. The van der Waals surface area contributed by atoms with Crippen LogP contribution in [0.2, 0.25) is 0 Å². The maximum Gasteiger partial charge on any atom is 0.253 e. The fourth-order valence-electron chi connectivity index (χ4n) is 0.829. The van der Waals surface area contributed by atoms with Gasteiger partial charge in [-0.3, -0.25) is 4.79 Å². The number of anilines is 1. The van der Waals surface area contributed by atoms with E-state index in [4.69, 9.17) is 10.8 Å². The van der Waals surface area contributed by atoms with Crippen LogP contribution in [0.25, 0.3) is 0 Å². The van der Waals surface area contributed by atoms with Crippen molar-refractivity contribution in [3.63, 3.8) is 0 Å². The highest BCUT2D eigenvalue weighted by molar-refractivity contribution is 5.37. The van der Waals surface area contributed by atoms with E-state index >= 15 is 0 Å². The Morgan fingerprint density at radius 2 is 2.36 bits per heavy atom. The van der Waals surface area contributed by atoms with Crippen molar-refractivity contribution in [3.8, 4) is 0 Å². The first-order valence-corrected chi connectivity index (χ1v) is 3.27. The Hall–Kier alpha value is -1.29. The number of nitrogens with one attached hydrogen (secondary N) is 1. The zero-order chi connectivity index (χ0) is 8.43. The van der Waals surface area contributed by atoms with E-state index in [1.54, 1.807) is 0 Å². The van der Waals surface area contributed by atoms with Crippen LogP contribution in [0.15, 0.2) is 17.1 Å². The molecule has 0 aromatic carbocycles. The van der Waals surface area contributed by atoms with Gasteiger partial charge >= 0.3 is 0 Å². The summed E-state index contributed by atoms with van der Waals surface area (Å²) in [6, 6.07) is 1.46. The van der Waals surface area contributed by atoms with Crippen LogP contribution in [0, 0.1) is 0 Å². The van der Waals surface area contributed by atoms with E-state index in [1.807, 2.05) is 0 Å². The molecule has 0 aliphatic carbocycles. The summed E-state index contributed by atoms with van der Waals surface area (Å²) in [5.41, 5.74) is 5.83. The van der Waals surface area contributed by atoms with Crippen LogP contribution in [-0.4, -0.2) is 10.1 Å². The quantitative estimate of drug-likeness (QED) is 0.533. The van der Waals surface area contributed by atoms with Crippen molar-refractivity contribution in [1.82, 2.24) is 4.98 Å². The van der Waals surface area contributed by atoms with Crippen LogP contribution >= 0.6 is 0 Å². The lowest BCUT2D eigenvalue weighted by Gasteiger charge is -2.02. The van der Waals surface area contributed by atoms with Crippen molar-refractivity contribution in [1.29, 1.82) is 0 Å². The van der Waals surface area contributed by atoms with Gasteiger partial charge in [0.05, 0.1) is 6.10 Å². The molecule has 0 aliphatic heterocycles. The molecule has 0 fully saturated rings. The Morgan fingerprint density at radius 1 is 1.73 bits per heavy atom. The molecule has 0 spiro atoms. The first-order chi connectivity index (χ1) is 5.11. The molecular formula is C7H10N2O2. The van der Waals surface area contributed by atoms with E-state index < -0.39 is 6.10 Å². The molecule has 1 atom stereocenters. The first kappa shape index (κ1) is 7.81. The van der Waals surface area contributed by atoms with Crippen LogP contribution in [0.4, 0.5) is 5.69 Å². The Labute approximate surface area is 63.7 Å². The van der Waals surface area contributed by atoms with Gasteiger partial charge < -0.3 is 15.8 Å². The summed E-state index contributed by atoms with van der Waals surface area (Å²) >= 11 is 0. The summed E-state index contributed by atoms with van der Waals surface area (Å²) in [5.74, 6) is 0. The molecule has 60 valence electrons. The number of rotatable bonds is 1. The van der Waals surface area contributed by atoms with Crippen molar-refractivity contribution in [3.05, 3.63) is 28.2 Å². The molecule has 0 amide bonds. The van der Waals surface area contributed by atoms with Gasteiger partial charge in [-0.15, -0.1) is 0 Å². The number of aromatic nitrogens is 1. The lowest BCUT2D eigenvalue weighted by atomic mass is 10.2. The van der Waals surface area contributed by atoms with Crippen LogP contribution in [0.3, 0.4) is 0 Å². The van der Waals surface area contributed by atoms with E-state index in [2.05, 4.69) is 4.98 Å². The second-order valence-electron chi connectivity index (χ2n) is 2.39. The molecule has 1 aromatic rings. The Morgan fingerprint density at radius 3 is 2.82 bits per heavy atom. The van der Waals surface area contributed by atoms with Crippen molar-refractivity contribution >= 4 is 5.69 Å². The fourth-order valence-corrected chi connectivity index (χ4v) is 0.829. The van der Waals surface area contributed by atoms with Gasteiger partial charge in [-0.05, 0) is 13.0 Å². The van der Waals surface area contributed by atoms with E-state index in [-0.39, 0.29) is 5.56 Å². The zero-order valence-corrected chi connectivity index (χ0v) is 6.16. The second-order valence-corrected chi connectivity index (χ2v) is 2.39. The van der Waals surface area contributed by atoms with Gasteiger partial charge in [0.25, 0.3) is 5.56 Å². The third-order valence-electron chi connectivity index (χ3n) is 1.40. The molecule has 4 N–H and O–H groups in total. The monoisotopic (exact) mass is 154 g/mol. The van der Waals surface area contributed by atoms with Crippen LogP contribution < -0.4 is 11.3 Å². The highest BCUT2D eigenvalue weighted by Crippen LogP contribution is 2.08. The van der Waals surface area contributed by atoms with Crippen molar-refractivity contribution < 1.29 is 5.11 Å². The molecule has 4 heteroatoms. The number of nitrogen functional groups attached to an aromatic ring is 1. The van der Waals surface area contributed by atoms with E-state index in [0.29, 0.717) is 11.3 Å². The van der Waals surface area contributed by atoms with Crippen LogP contribution in [-0.2, 0) is 0 Å². The molecule has 1 unspecified atom stereocenters. The zero-order valence-electron chi connectivity index (χ0n) is 6.16. The molecular weight excluding hydrogens is 144 g/mol. The third kappa shape index (κ3) is 1.59. The summed E-state index contributed by atoms with van der Waals surface area (Å²) < 4.78 is 0. The normalized spacial score (nSPS) is 12.9. The smallest absolute Gasteiger partial charge is 0.253 e. The van der Waals surface area contributed by atoms with Gasteiger partial charge in [-0.1, -0.05) is 0 Å². The number of aromatic amines is 1. The first-order valence-electron chi connectivity index (χ1n) is 3.27. The van der Waals surface area contributed by atoms with Gasteiger partial charge in [0.1, 0.15) is 0 Å². The minimum Gasteiger partial charge on any atom is -0.398 e. The molecule has 0 bridgehead atoms. The minimum atomic E-state index is -0.776. The highest BCUT2D eigenvalue weighted by atomic mass is 16.3. The summed E-state index contributed by atoms with van der Waals surface area (Å²) in [4.78, 5) is 13.4. The third-order valence-corrected chi connectivity index (χ3v) is 1.40. The van der Waals surface area contributed by atoms with Gasteiger partial charge in [-0.25, -0.2) is 0 Å². The van der Waals surface area contributed by atoms with Crippen molar-refractivity contribution in [2.75, 3.05) is 5.73 Å². The lowest BCUT2D eigenvalue weighted by molar-refractivity contribution is 0.197. The maximum absolute atomic E-state index is 10.9. The second kappa shape index (κ2) is 2.75. The van der Waals surface area contributed by atoms with Gasteiger partial charge in [0.2, 0.25) is 0 Å². The molecule has 4 nitrogen and oxygen atoms in total. The van der Waals surface area contributed by atoms with Crippen molar-refractivity contribution in [2.24, 2.45) is 0 Å². The molecule has 0 saturated carbocycles. The number of nitrogens with two attached hydrogens (primary N) is 1. The average molecular weight is 154 g/mol. The van der Waals surface area contributed by atoms with E-state index in [1.165, 1.54) is 19.2 Å². The number of aliphatic hydroxyl groups is 1.